The molecule has 16 heavy (non-hydrogen) atoms. The fraction of sp³-hybridized carbons (Fsp3) is 0.143. The first-order chi connectivity index (χ1) is 7.13. The maximum Gasteiger partial charge on any atom is 0.534 e. The third kappa shape index (κ3) is 2.76. The number of hydrogen-bond donors (Lipinski definition) is 0. The minimum atomic E-state index is -5.76. The maximum absolute atomic E-state index is 12.6. The standard InChI is InChI=1S/C7H3ClF4O3S/c8-5-3-4(1-2-6(5)9)15-16(13,14)7(10,11)12/h1-3H. The van der Waals surface area contributed by atoms with Gasteiger partial charge in [-0.1, -0.05) is 11.6 Å². The summed E-state index contributed by atoms with van der Waals surface area (Å²) in [6.07, 6.45) is 0. The van der Waals surface area contributed by atoms with Crippen molar-refractivity contribution in [3.8, 4) is 5.75 Å². The highest BCUT2D eigenvalue weighted by atomic mass is 35.5. The summed E-state index contributed by atoms with van der Waals surface area (Å²) in [6, 6.07) is 2.02. The van der Waals surface area contributed by atoms with E-state index in [9.17, 15) is 26.0 Å². The molecule has 0 unspecified atom stereocenters. The molecule has 1 rings (SSSR count). The van der Waals surface area contributed by atoms with Gasteiger partial charge in [-0.2, -0.15) is 21.6 Å². The minimum Gasteiger partial charge on any atom is -0.376 e. The monoisotopic (exact) mass is 278 g/mol. The Balaban J connectivity index is 3.03. The van der Waals surface area contributed by atoms with Crippen LogP contribution >= 0.6 is 11.6 Å². The highest BCUT2D eigenvalue weighted by molar-refractivity contribution is 7.87. The Labute approximate surface area is 92.7 Å². The zero-order valence-corrected chi connectivity index (χ0v) is 8.83. The van der Waals surface area contributed by atoms with Gasteiger partial charge in [-0.15, -0.1) is 0 Å². The largest absolute Gasteiger partial charge is 0.534 e. The van der Waals surface area contributed by atoms with Crippen molar-refractivity contribution in [1.82, 2.24) is 0 Å². The van der Waals surface area contributed by atoms with Gasteiger partial charge in [0, 0.05) is 6.07 Å². The van der Waals surface area contributed by atoms with Crippen LogP contribution in [0.4, 0.5) is 17.6 Å². The normalized spacial score (nSPS) is 12.6. The molecule has 1 aromatic rings. The van der Waals surface area contributed by atoms with Gasteiger partial charge in [-0.05, 0) is 12.1 Å². The van der Waals surface area contributed by atoms with Gasteiger partial charge >= 0.3 is 15.6 Å². The number of halogens is 5. The zero-order chi connectivity index (χ0) is 12.6. The van der Waals surface area contributed by atoms with E-state index in [1.54, 1.807) is 0 Å². The van der Waals surface area contributed by atoms with Crippen molar-refractivity contribution in [2.24, 2.45) is 0 Å². The number of benzene rings is 1. The molecule has 0 saturated heterocycles. The Kier molecular flexibility index (Phi) is 3.34. The Hall–Kier alpha value is -1.02. The van der Waals surface area contributed by atoms with E-state index in [1.807, 2.05) is 0 Å². The topological polar surface area (TPSA) is 43.4 Å². The van der Waals surface area contributed by atoms with Crippen LogP contribution < -0.4 is 4.18 Å². The predicted molar refractivity (Wildman–Crippen MR) is 47.0 cm³/mol. The molecule has 0 heterocycles. The van der Waals surface area contributed by atoms with Crippen LogP contribution in [0.1, 0.15) is 0 Å². The number of alkyl halides is 3. The average molecular weight is 279 g/mol. The van der Waals surface area contributed by atoms with Crippen LogP contribution in [0, 0.1) is 5.82 Å². The van der Waals surface area contributed by atoms with Crippen molar-refractivity contribution in [1.29, 1.82) is 0 Å². The van der Waals surface area contributed by atoms with E-state index < -0.39 is 32.2 Å². The molecule has 0 spiro atoms. The molecule has 0 aliphatic rings. The van der Waals surface area contributed by atoms with Gasteiger partial charge in [0.05, 0.1) is 5.02 Å². The van der Waals surface area contributed by atoms with E-state index in [0.29, 0.717) is 18.2 Å². The second-order valence-electron chi connectivity index (χ2n) is 2.56. The molecule has 0 aliphatic carbocycles. The lowest BCUT2D eigenvalue weighted by Crippen LogP contribution is -2.28. The fourth-order valence-electron chi connectivity index (χ4n) is 0.703. The lowest BCUT2D eigenvalue weighted by atomic mass is 10.3. The van der Waals surface area contributed by atoms with Gasteiger partial charge in [0.25, 0.3) is 0 Å². The van der Waals surface area contributed by atoms with E-state index in [2.05, 4.69) is 4.18 Å². The third-order valence-corrected chi connectivity index (χ3v) is 2.65. The Morgan fingerprint density at radius 1 is 1.25 bits per heavy atom. The summed E-state index contributed by atoms with van der Waals surface area (Å²) in [6.45, 7) is 0. The van der Waals surface area contributed by atoms with Gasteiger partial charge in [0.1, 0.15) is 11.6 Å². The first kappa shape index (κ1) is 13.0. The molecular weight excluding hydrogens is 276 g/mol. The second kappa shape index (κ2) is 4.10. The molecule has 0 atom stereocenters. The van der Waals surface area contributed by atoms with Crippen molar-refractivity contribution in [2.75, 3.05) is 0 Å². The van der Waals surface area contributed by atoms with Crippen molar-refractivity contribution in [2.45, 2.75) is 5.51 Å². The Morgan fingerprint density at radius 3 is 2.25 bits per heavy atom. The highest BCUT2D eigenvalue weighted by Gasteiger charge is 2.48. The van der Waals surface area contributed by atoms with Gasteiger partial charge in [-0.3, -0.25) is 0 Å². The lowest BCUT2D eigenvalue weighted by Gasteiger charge is -2.09. The third-order valence-electron chi connectivity index (χ3n) is 1.38. The molecule has 3 nitrogen and oxygen atoms in total. The summed E-state index contributed by atoms with van der Waals surface area (Å²) in [5.41, 5.74) is -5.55. The van der Waals surface area contributed by atoms with E-state index in [0.717, 1.165) is 0 Å². The SMILES string of the molecule is O=S(=O)(Oc1ccc(F)c(Cl)c1)C(F)(F)F. The van der Waals surface area contributed by atoms with Crippen LogP contribution in [0.2, 0.25) is 5.02 Å². The molecule has 0 N–H and O–H groups in total. The summed E-state index contributed by atoms with van der Waals surface area (Å²) in [7, 11) is -5.76. The molecule has 0 bridgehead atoms. The summed E-state index contributed by atoms with van der Waals surface area (Å²) in [4.78, 5) is 0. The maximum atomic E-state index is 12.6. The first-order valence-electron chi connectivity index (χ1n) is 3.59. The van der Waals surface area contributed by atoms with E-state index in [-0.39, 0.29) is 0 Å². The van der Waals surface area contributed by atoms with Crippen molar-refractivity contribution >= 4 is 21.7 Å². The summed E-state index contributed by atoms with van der Waals surface area (Å²) >= 11 is 5.23. The molecule has 0 radical (unpaired) electrons. The molecule has 0 fully saturated rings. The van der Waals surface area contributed by atoms with Gasteiger partial charge in [0.2, 0.25) is 0 Å². The van der Waals surface area contributed by atoms with Crippen LogP contribution in [-0.4, -0.2) is 13.9 Å². The van der Waals surface area contributed by atoms with Crippen LogP contribution in [0.5, 0.6) is 5.75 Å². The van der Waals surface area contributed by atoms with Crippen LogP contribution in [0.3, 0.4) is 0 Å². The van der Waals surface area contributed by atoms with E-state index in [4.69, 9.17) is 11.6 Å². The molecular formula is C7H3ClF4O3S. The molecule has 0 aromatic heterocycles. The summed E-state index contributed by atoms with van der Waals surface area (Å²) in [5.74, 6) is -1.62. The molecule has 0 aliphatic heterocycles. The highest BCUT2D eigenvalue weighted by Crippen LogP contribution is 2.28. The predicted octanol–water partition coefficient (Wildman–Crippen LogP) is 2.71. The Bertz CT molecular complexity index is 497. The molecule has 90 valence electrons. The second-order valence-corrected chi connectivity index (χ2v) is 4.50. The van der Waals surface area contributed by atoms with E-state index >= 15 is 0 Å². The van der Waals surface area contributed by atoms with Crippen molar-refractivity contribution < 1.29 is 30.2 Å². The number of hydrogen-bond acceptors (Lipinski definition) is 3. The molecule has 0 amide bonds. The van der Waals surface area contributed by atoms with Crippen LogP contribution in [0.25, 0.3) is 0 Å². The van der Waals surface area contributed by atoms with Crippen LogP contribution in [-0.2, 0) is 10.1 Å². The number of rotatable bonds is 2. The molecule has 9 heteroatoms. The van der Waals surface area contributed by atoms with Gasteiger partial charge < -0.3 is 4.18 Å². The lowest BCUT2D eigenvalue weighted by molar-refractivity contribution is -0.0500. The quantitative estimate of drug-likeness (QED) is 0.475. The minimum absolute atomic E-state index is 0.546. The first-order valence-corrected chi connectivity index (χ1v) is 5.38. The van der Waals surface area contributed by atoms with Crippen LogP contribution in [0.15, 0.2) is 18.2 Å². The van der Waals surface area contributed by atoms with Crippen molar-refractivity contribution in [3.63, 3.8) is 0 Å². The summed E-state index contributed by atoms with van der Waals surface area (Å²) < 4.78 is 73.0. The fourth-order valence-corrected chi connectivity index (χ4v) is 1.32. The molecule has 1 aromatic carbocycles. The smallest absolute Gasteiger partial charge is 0.376 e. The zero-order valence-electron chi connectivity index (χ0n) is 7.25. The van der Waals surface area contributed by atoms with Gasteiger partial charge in [-0.25, -0.2) is 4.39 Å². The van der Waals surface area contributed by atoms with Gasteiger partial charge in [0.15, 0.2) is 0 Å². The van der Waals surface area contributed by atoms with E-state index in [1.165, 1.54) is 0 Å². The summed E-state index contributed by atoms with van der Waals surface area (Å²) in [5, 5.41) is -0.546. The Morgan fingerprint density at radius 2 is 1.81 bits per heavy atom. The van der Waals surface area contributed by atoms with Crippen molar-refractivity contribution in [3.05, 3.63) is 29.0 Å². The molecule has 0 saturated carbocycles. The average Bonchev–Trinajstić information content (AvgIpc) is 2.09.